The normalized spacial score (nSPS) is 14.6. The van der Waals surface area contributed by atoms with Crippen LogP contribution in [-0.4, -0.2) is 37.6 Å². The van der Waals surface area contributed by atoms with Gasteiger partial charge >= 0.3 is 0 Å². The molecule has 0 radical (unpaired) electrons. The summed E-state index contributed by atoms with van der Waals surface area (Å²) in [6.07, 6.45) is 7.71. The van der Waals surface area contributed by atoms with E-state index < -0.39 is 0 Å². The molecule has 2 aromatic rings. The zero-order chi connectivity index (χ0) is 13.2. The van der Waals surface area contributed by atoms with E-state index in [0.717, 1.165) is 19.0 Å². The minimum Gasteiger partial charge on any atom is -0.368 e. The van der Waals surface area contributed by atoms with Crippen molar-refractivity contribution in [3.05, 3.63) is 18.7 Å². The Labute approximate surface area is 111 Å². The molecule has 7 heteroatoms. The molecule has 0 aliphatic heterocycles. The first-order valence-electron chi connectivity index (χ1n) is 6.51. The van der Waals surface area contributed by atoms with Crippen LogP contribution < -0.4 is 10.6 Å². The first-order chi connectivity index (χ1) is 9.26. The molecule has 19 heavy (non-hydrogen) atoms. The highest BCUT2D eigenvalue weighted by molar-refractivity contribution is 5.38. The Balaban J connectivity index is 1.91. The molecule has 0 bridgehead atoms. The Morgan fingerprint density at radius 1 is 1.37 bits per heavy atom. The van der Waals surface area contributed by atoms with E-state index in [1.54, 1.807) is 23.3 Å². The smallest absolute Gasteiger partial charge is 0.241 e. The van der Waals surface area contributed by atoms with Crippen LogP contribution in [0.3, 0.4) is 0 Å². The Kier molecular flexibility index (Phi) is 3.02. The van der Waals surface area contributed by atoms with Crippen molar-refractivity contribution in [1.29, 1.82) is 0 Å². The van der Waals surface area contributed by atoms with Crippen molar-refractivity contribution in [2.75, 3.05) is 23.7 Å². The number of anilines is 2. The summed E-state index contributed by atoms with van der Waals surface area (Å²) >= 11 is 0. The summed E-state index contributed by atoms with van der Waals surface area (Å²) in [5, 5.41) is 0. The second kappa shape index (κ2) is 4.83. The molecule has 0 aromatic carbocycles. The number of rotatable bonds is 5. The average molecular weight is 259 g/mol. The molecule has 2 heterocycles. The predicted molar refractivity (Wildman–Crippen MR) is 72.0 cm³/mol. The Morgan fingerprint density at radius 3 is 2.84 bits per heavy atom. The third kappa shape index (κ3) is 2.64. The van der Waals surface area contributed by atoms with Crippen LogP contribution in [-0.2, 0) is 0 Å². The lowest BCUT2D eigenvalue weighted by Crippen LogP contribution is -2.28. The molecule has 0 spiro atoms. The average Bonchev–Trinajstić information content (AvgIpc) is 3.05. The van der Waals surface area contributed by atoms with Gasteiger partial charge in [-0.3, -0.25) is 4.57 Å². The zero-order valence-corrected chi connectivity index (χ0v) is 10.9. The number of aromatic nitrogens is 5. The molecule has 1 aliphatic rings. The SMILES string of the molecule is CCN(CC1CC1)c1nc(N)nc(-n2ccnc2)n1. The van der Waals surface area contributed by atoms with Gasteiger partial charge in [0, 0.05) is 25.5 Å². The number of hydrogen-bond acceptors (Lipinski definition) is 6. The molecule has 0 unspecified atom stereocenters. The van der Waals surface area contributed by atoms with Crippen LogP contribution in [0.2, 0.25) is 0 Å². The van der Waals surface area contributed by atoms with Crippen molar-refractivity contribution >= 4 is 11.9 Å². The second-order valence-electron chi connectivity index (χ2n) is 4.75. The minimum atomic E-state index is 0.239. The van der Waals surface area contributed by atoms with E-state index in [1.165, 1.54) is 12.8 Å². The van der Waals surface area contributed by atoms with Gasteiger partial charge in [-0.2, -0.15) is 15.0 Å². The van der Waals surface area contributed by atoms with Crippen LogP contribution in [0, 0.1) is 5.92 Å². The van der Waals surface area contributed by atoms with E-state index in [4.69, 9.17) is 5.73 Å². The summed E-state index contributed by atoms with van der Waals surface area (Å²) in [5.74, 6) is 2.16. The van der Waals surface area contributed by atoms with Crippen LogP contribution in [0.15, 0.2) is 18.7 Å². The van der Waals surface area contributed by atoms with Gasteiger partial charge in [-0.1, -0.05) is 0 Å². The molecule has 1 aliphatic carbocycles. The third-order valence-electron chi connectivity index (χ3n) is 3.20. The number of nitrogen functional groups attached to an aromatic ring is 1. The highest BCUT2D eigenvalue weighted by atomic mass is 15.3. The molecule has 0 saturated heterocycles. The van der Waals surface area contributed by atoms with E-state index in [0.29, 0.717) is 11.9 Å². The fraction of sp³-hybridized carbons (Fsp3) is 0.500. The summed E-state index contributed by atoms with van der Waals surface area (Å²) < 4.78 is 1.73. The molecule has 0 atom stereocenters. The van der Waals surface area contributed by atoms with Gasteiger partial charge in [0.25, 0.3) is 0 Å². The van der Waals surface area contributed by atoms with Gasteiger partial charge in [-0.15, -0.1) is 0 Å². The topological polar surface area (TPSA) is 85.8 Å². The standard InChI is InChI=1S/C12H17N7/c1-2-18(7-9-3-4-9)11-15-10(13)16-12(17-11)19-6-5-14-8-19/h5-6,8-9H,2-4,7H2,1H3,(H2,13,15,16,17). The van der Waals surface area contributed by atoms with E-state index in [2.05, 4.69) is 31.8 Å². The lowest BCUT2D eigenvalue weighted by atomic mass is 10.4. The fourth-order valence-electron chi connectivity index (χ4n) is 1.97. The summed E-state index contributed by atoms with van der Waals surface area (Å²) in [5.41, 5.74) is 5.78. The molecule has 1 fully saturated rings. The Bertz CT molecular complexity index is 547. The van der Waals surface area contributed by atoms with Crippen LogP contribution in [0.1, 0.15) is 19.8 Å². The third-order valence-corrected chi connectivity index (χ3v) is 3.20. The van der Waals surface area contributed by atoms with E-state index in [1.807, 2.05) is 0 Å². The number of hydrogen-bond donors (Lipinski definition) is 1. The largest absolute Gasteiger partial charge is 0.368 e. The van der Waals surface area contributed by atoms with Crippen LogP contribution in [0.25, 0.3) is 5.95 Å². The minimum absolute atomic E-state index is 0.239. The van der Waals surface area contributed by atoms with Gasteiger partial charge in [0.15, 0.2) is 0 Å². The van der Waals surface area contributed by atoms with E-state index in [-0.39, 0.29) is 5.95 Å². The zero-order valence-electron chi connectivity index (χ0n) is 10.9. The monoisotopic (exact) mass is 259 g/mol. The lowest BCUT2D eigenvalue weighted by Gasteiger charge is -2.20. The molecule has 100 valence electrons. The van der Waals surface area contributed by atoms with Crippen molar-refractivity contribution in [2.45, 2.75) is 19.8 Å². The molecule has 7 nitrogen and oxygen atoms in total. The molecular formula is C12H17N7. The highest BCUT2D eigenvalue weighted by Crippen LogP contribution is 2.30. The lowest BCUT2D eigenvalue weighted by molar-refractivity contribution is 0.713. The summed E-state index contributed by atoms with van der Waals surface area (Å²) in [7, 11) is 0. The Hall–Kier alpha value is -2.18. The molecule has 2 aromatic heterocycles. The van der Waals surface area contributed by atoms with Crippen LogP contribution in [0.5, 0.6) is 0 Å². The maximum absolute atomic E-state index is 5.78. The van der Waals surface area contributed by atoms with Gasteiger partial charge in [0.05, 0.1) is 0 Å². The van der Waals surface area contributed by atoms with E-state index >= 15 is 0 Å². The van der Waals surface area contributed by atoms with Crippen molar-refractivity contribution in [1.82, 2.24) is 24.5 Å². The van der Waals surface area contributed by atoms with Crippen molar-refractivity contribution in [3.63, 3.8) is 0 Å². The number of nitrogens with zero attached hydrogens (tertiary/aromatic N) is 6. The first kappa shape index (κ1) is 11.9. The van der Waals surface area contributed by atoms with Crippen molar-refractivity contribution < 1.29 is 0 Å². The number of imidazole rings is 1. The van der Waals surface area contributed by atoms with Crippen molar-refractivity contribution in [3.8, 4) is 5.95 Å². The summed E-state index contributed by atoms with van der Waals surface area (Å²) in [6.45, 7) is 3.95. The molecule has 3 rings (SSSR count). The fourth-order valence-corrected chi connectivity index (χ4v) is 1.97. The van der Waals surface area contributed by atoms with Gasteiger partial charge in [-0.05, 0) is 25.7 Å². The quantitative estimate of drug-likeness (QED) is 0.857. The Morgan fingerprint density at radius 2 is 2.21 bits per heavy atom. The van der Waals surface area contributed by atoms with E-state index in [9.17, 15) is 0 Å². The van der Waals surface area contributed by atoms with Gasteiger partial charge in [0.1, 0.15) is 6.33 Å². The predicted octanol–water partition coefficient (Wildman–Crippen LogP) is 0.876. The van der Waals surface area contributed by atoms with Crippen LogP contribution in [0.4, 0.5) is 11.9 Å². The molecular weight excluding hydrogens is 242 g/mol. The summed E-state index contributed by atoms with van der Waals surface area (Å²) in [6, 6.07) is 0. The summed E-state index contributed by atoms with van der Waals surface area (Å²) in [4.78, 5) is 19.0. The van der Waals surface area contributed by atoms with Crippen molar-refractivity contribution in [2.24, 2.45) is 5.92 Å². The van der Waals surface area contributed by atoms with Crippen LogP contribution >= 0.6 is 0 Å². The van der Waals surface area contributed by atoms with Gasteiger partial charge in [0.2, 0.25) is 17.8 Å². The first-order valence-corrected chi connectivity index (χ1v) is 6.51. The van der Waals surface area contributed by atoms with Gasteiger partial charge < -0.3 is 10.6 Å². The molecule has 1 saturated carbocycles. The maximum atomic E-state index is 5.78. The number of nitrogens with two attached hydrogens (primary N) is 1. The highest BCUT2D eigenvalue weighted by Gasteiger charge is 2.25. The molecule has 2 N–H and O–H groups in total. The second-order valence-corrected chi connectivity index (χ2v) is 4.75. The molecule has 0 amide bonds. The maximum Gasteiger partial charge on any atom is 0.241 e. The van der Waals surface area contributed by atoms with Gasteiger partial charge in [-0.25, -0.2) is 4.98 Å².